The maximum atomic E-state index is 10.1. The van der Waals surface area contributed by atoms with E-state index in [4.69, 9.17) is 0 Å². The van der Waals surface area contributed by atoms with E-state index in [1.807, 2.05) is 18.2 Å². The number of aliphatic hydroxyl groups excluding tert-OH is 1. The summed E-state index contributed by atoms with van der Waals surface area (Å²) in [4.78, 5) is 2.31. The number of phenols is 1. The largest absolute Gasteiger partial charge is 0.508 e. The molecule has 1 aromatic heterocycles. The molecule has 3 heteroatoms. The number of thiophene rings is 1. The third kappa shape index (κ3) is 3.08. The van der Waals surface area contributed by atoms with Crippen molar-refractivity contribution >= 4 is 11.3 Å². The van der Waals surface area contributed by atoms with Gasteiger partial charge >= 0.3 is 0 Å². The lowest BCUT2D eigenvalue weighted by atomic mass is 10.1. The summed E-state index contributed by atoms with van der Waals surface area (Å²) in [6, 6.07) is 11.0. The molecule has 0 amide bonds. The summed E-state index contributed by atoms with van der Waals surface area (Å²) in [5, 5.41) is 19.3. The van der Waals surface area contributed by atoms with Crippen LogP contribution in [0.2, 0.25) is 0 Å². The SMILES string of the molecule is CCc1ccc(C(O)Cc2ccc(O)cc2)s1. The first-order valence-electron chi connectivity index (χ1n) is 5.73. The molecule has 1 aromatic carbocycles. The van der Waals surface area contributed by atoms with Crippen LogP contribution in [0.5, 0.6) is 5.75 Å². The molecule has 2 aromatic rings. The summed E-state index contributed by atoms with van der Waals surface area (Å²) < 4.78 is 0. The number of aliphatic hydroxyl groups is 1. The van der Waals surface area contributed by atoms with Gasteiger partial charge in [0.05, 0.1) is 6.10 Å². The summed E-state index contributed by atoms with van der Waals surface area (Å²) in [6.45, 7) is 2.11. The van der Waals surface area contributed by atoms with Gasteiger partial charge in [0.25, 0.3) is 0 Å². The summed E-state index contributed by atoms with van der Waals surface area (Å²) >= 11 is 1.66. The lowest BCUT2D eigenvalue weighted by Crippen LogP contribution is -1.99. The minimum atomic E-state index is -0.454. The Labute approximate surface area is 105 Å². The first-order valence-corrected chi connectivity index (χ1v) is 6.55. The van der Waals surface area contributed by atoms with Crippen molar-refractivity contribution in [2.45, 2.75) is 25.9 Å². The molecule has 2 N–H and O–H groups in total. The number of hydrogen-bond acceptors (Lipinski definition) is 3. The fourth-order valence-corrected chi connectivity index (χ4v) is 2.66. The molecular formula is C14H16O2S. The third-order valence-electron chi connectivity index (χ3n) is 2.72. The van der Waals surface area contributed by atoms with E-state index >= 15 is 0 Å². The lowest BCUT2D eigenvalue weighted by Gasteiger charge is -2.08. The first kappa shape index (κ1) is 12.1. The van der Waals surface area contributed by atoms with Crippen molar-refractivity contribution in [1.29, 1.82) is 0 Å². The monoisotopic (exact) mass is 248 g/mol. The van der Waals surface area contributed by atoms with Crippen LogP contribution in [0.3, 0.4) is 0 Å². The van der Waals surface area contributed by atoms with Crippen LogP contribution < -0.4 is 0 Å². The Kier molecular flexibility index (Phi) is 3.82. The zero-order valence-electron chi connectivity index (χ0n) is 9.76. The average Bonchev–Trinajstić information content (AvgIpc) is 2.81. The number of aryl methyl sites for hydroxylation is 1. The second kappa shape index (κ2) is 5.34. The Morgan fingerprint density at radius 1 is 1.12 bits per heavy atom. The zero-order valence-corrected chi connectivity index (χ0v) is 10.6. The van der Waals surface area contributed by atoms with Gasteiger partial charge in [0, 0.05) is 16.2 Å². The Bertz CT molecular complexity index is 473. The van der Waals surface area contributed by atoms with Gasteiger partial charge < -0.3 is 10.2 Å². The Balaban J connectivity index is 2.05. The van der Waals surface area contributed by atoms with E-state index in [0.717, 1.165) is 16.9 Å². The van der Waals surface area contributed by atoms with Crippen molar-refractivity contribution in [3.8, 4) is 5.75 Å². The van der Waals surface area contributed by atoms with Crippen LogP contribution in [0.25, 0.3) is 0 Å². The van der Waals surface area contributed by atoms with Gasteiger partial charge in [0.15, 0.2) is 0 Å². The molecule has 0 aliphatic heterocycles. The fourth-order valence-electron chi connectivity index (χ4n) is 1.72. The molecule has 0 saturated heterocycles. The number of phenolic OH excluding ortho intramolecular Hbond substituents is 1. The minimum absolute atomic E-state index is 0.257. The quantitative estimate of drug-likeness (QED) is 0.871. The van der Waals surface area contributed by atoms with Crippen LogP contribution >= 0.6 is 11.3 Å². The van der Waals surface area contributed by atoms with Crippen molar-refractivity contribution in [3.05, 3.63) is 51.7 Å². The minimum Gasteiger partial charge on any atom is -0.508 e. The average molecular weight is 248 g/mol. The molecule has 2 nitrogen and oxygen atoms in total. The smallest absolute Gasteiger partial charge is 0.115 e. The molecule has 0 bridgehead atoms. The Hall–Kier alpha value is -1.32. The molecule has 90 valence electrons. The Morgan fingerprint density at radius 2 is 1.82 bits per heavy atom. The van der Waals surface area contributed by atoms with Crippen molar-refractivity contribution in [3.63, 3.8) is 0 Å². The molecule has 0 radical (unpaired) electrons. The molecule has 1 heterocycles. The molecule has 0 aliphatic carbocycles. The van der Waals surface area contributed by atoms with Crippen LogP contribution in [0.15, 0.2) is 36.4 Å². The van der Waals surface area contributed by atoms with Gasteiger partial charge in [-0.3, -0.25) is 0 Å². The van der Waals surface area contributed by atoms with E-state index in [1.54, 1.807) is 23.5 Å². The highest BCUT2D eigenvalue weighted by Crippen LogP contribution is 2.26. The molecule has 1 atom stereocenters. The maximum Gasteiger partial charge on any atom is 0.115 e. The van der Waals surface area contributed by atoms with Crippen LogP contribution in [-0.4, -0.2) is 10.2 Å². The van der Waals surface area contributed by atoms with Crippen LogP contribution in [0.1, 0.15) is 28.3 Å². The third-order valence-corrected chi connectivity index (χ3v) is 4.06. The van der Waals surface area contributed by atoms with Crippen LogP contribution in [-0.2, 0) is 12.8 Å². The highest BCUT2D eigenvalue weighted by Gasteiger charge is 2.11. The predicted octanol–water partition coefficient (Wildman–Crippen LogP) is 3.29. The van der Waals surface area contributed by atoms with Gasteiger partial charge in [-0.05, 0) is 36.2 Å². The molecule has 0 aliphatic rings. The first-order chi connectivity index (χ1) is 8.19. The molecule has 2 rings (SSSR count). The molecule has 0 spiro atoms. The van der Waals surface area contributed by atoms with E-state index in [1.165, 1.54) is 4.88 Å². The van der Waals surface area contributed by atoms with Gasteiger partial charge in [-0.25, -0.2) is 0 Å². The lowest BCUT2D eigenvalue weighted by molar-refractivity contribution is 0.182. The number of hydrogen-bond donors (Lipinski definition) is 2. The van der Waals surface area contributed by atoms with Crippen molar-refractivity contribution in [2.75, 3.05) is 0 Å². The van der Waals surface area contributed by atoms with Crippen LogP contribution in [0.4, 0.5) is 0 Å². The van der Waals surface area contributed by atoms with Gasteiger partial charge in [-0.15, -0.1) is 11.3 Å². The number of benzene rings is 1. The number of aromatic hydroxyl groups is 1. The van der Waals surface area contributed by atoms with Gasteiger partial charge in [-0.2, -0.15) is 0 Å². The summed E-state index contributed by atoms with van der Waals surface area (Å²) in [7, 11) is 0. The van der Waals surface area contributed by atoms with E-state index in [9.17, 15) is 10.2 Å². The van der Waals surface area contributed by atoms with Crippen LogP contribution in [0, 0.1) is 0 Å². The fraction of sp³-hybridized carbons (Fsp3) is 0.286. The van der Waals surface area contributed by atoms with Gasteiger partial charge in [0.2, 0.25) is 0 Å². The molecule has 0 fully saturated rings. The second-order valence-electron chi connectivity index (χ2n) is 4.04. The summed E-state index contributed by atoms with van der Waals surface area (Å²) in [5.41, 5.74) is 1.03. The summed E-state index contributed by atoms with van der Waals surface area (Å²) in [5.74, 6) is 0.257. The molecular weight excluding hydrogens is 232 g/mol. The standard InChI is InChI=1S/C14H16O2S/c1-2-12-7-8-14(17-12)13(16)9-10-3-5-11(15)6-4-10/h3-8,13,15-16H,2,9H2,1H3. The van der Waals surface area contributed by atoms with Crippen molar-refractivity contribution < 1.29 is 10.2 Å². The predicted molar refractivity (Wildman–Crippen MR) is 70.5 cm³/mol. The van der Waals surface area contributed by atoms with Crippen molar-refractivity contribution in [2.24, 2.45) is 0 Å². The van der Waals surface area contributed by atoms with Gasteiger partial charge in [-0.1, -0.05) is 19.1 Å². The molecule has 17 heavy (non-hydrogen) atoms. The van der Waals surface area contributed by atoms with E-state index in [-0.39, 0.29) is 5.75 Å². The van der Waals surface area contributed by atoms with E-state index in [0.29, 0.717) is 6.42 Å². The maximum absolute atomic E-state index is 10.1. The summed E-state index contributed by atoms with van der Waals surface area (Å²) in [6.07, 6.45) is 1.14. The highest BCUT2D eigenvalue weighted by molar-refractivity contribution is 7.12. The normalized spacial score (nSPS) is 12.6. The Morgan fingerprint density at radius 3 is 2.41 bits per heavy atom. The highest BCUT2D eigenvalue weighted by atomic mass is 32.1. The molecule has 1 unspecified atom stereocenters. The zero-order chi connectivity index (χ0) is 12.3. The number of rotatable bonds is 4. The van der Waals surface area contributed by atoms with E-state index in [2.05, 4.69) is 13.0 Å². The molecule has 0 saturated carbocycles. The van der Waals surface area contributed by atoms with Gasteiger partial charge in [0.1, 0.15) is 5.75 Å². The second-order valence-corrected chi connectivity index (χ2v) is 5.24. The topological polar surface area (TPSA) is 40.5 Å². The van der Waals surface area contributed by atoms with E-state index < -0.39 is 6.10 Å². The van der Waals surface area contributed by atoms with Crippen molar-refractivity contribution in [1.82, 2.24) is 0 Å².